The Hall–Kier alpha value is -1.34. The second kappa shape index (κ2) is 4.97. The molecule has 0 radical (unpaired) electrons. The molecule has 1 fully saturated rings. The number of aromatic amines is 1. The molecule has 1 aromatic heterocycles. The van der Waals surface area contributed by atoms with Crippen molar-refractivity contribution in [2.75, 3.05) is 11.5 Å². The predicted molar refractivity (Wildman–Crippen MR) is 74.7 cm³/mol. The number of nitrogens with zero attached hydrogens (tertiary/aromatic N) is 2. The molecule has 100 valence electrons. The van der Waals surface area contributed by atoms with E-state index in [1.807, 2.05) is 30.3 Å². The van der Waals surface area contributed by atoms with Crippen molar-refractivity contribution in [2.24, 2.45) is 0 Å². The molecule has 2 aromatic rings. The van der Waals surface area contributed by atoms with Crippen LogP contribution < -0.4 is 0 Å². The largest absolute Gasteiger partial charge is 0.258 e. The highest BCUT2D eigenvalue weighted by molar-refractivity contribution is 8.01. The van der Waals surface area contributed by atoms with Crippen molar-refractivity contribution in [1.29, 1.82) is 0 Å². The van der Waals surface area contributed by atoms with Gasteiger partial charge in [-0.2, -0.15) is 0 Å². The van der Waals surface area contributed by atoms with E-state index in [9.17, 15) is 8.42 Å². The van der Waals surface area contributed by atoms with Crippen molar-refractivity contribution in [3.8, 4) is 11.4 Å². The lowest BCUT2D eigenvalue weighted by Crippen LogP contribution is -2.06. The molecule has 0 amide bonds. The van der Waals surface area contributed by atoms with Gasteiger partial charge in [0.1, 0.15) is 0 Å². The van der Waals surface area contributed by atoms with Crippen LogP contribution in [0.2, 0.25) is 0 Å². The van der Waals surface area contributed by atoms with Gasteiger partial charge in [-0.15, -0.1) is 5.10 Å². The van der Waals surface area contributed by atoms with Crippen molar-refractivity contribution in [3.05, 3.63) is 30.3 Å². The van der Waals surface area contributed by atoms with E-state index in [4.69, 9.17) is 0 Å². The van der Waals surface area contributed by atoms with Crippen LogP contribution in [0.1, 0.15) is 6.42 Å². The van der Waals surface area contributed by atoms with E-state index in [0.29, 0.717) is 17.4 Å². The van der Waals surface area contributed by atoms with E-state index in [1.165, 1.54) is 11.8 Å². The van der Waals surface area contributed by atoms with Crippen LogP contribution in [-0.2, 0) is 9.84 Å². The van der Waals surface area contributed by atoms with Crippen molar-refractivity contribution >= 4 is 21.6 Å². The normalized spacial score (nSPS) is 21.6. The first-order chi connectivity index (χ1) is 9.12. The lowest BCUT2D eigenvalue weighted by molar-refractivity contribution is 0.602. The lowest BCUT2D eigenvalue weighted by Gasteiger charge is -2.01. The van der Waals surface area contributed by atoms with Crippen LogP contribution in [0.5, 0.6) is 0 Å². The fraction of sp³-hybridized carbons (Fsp3) is 0.333. The summed E-state index contributed by atoms with van der Waals surface area (Å²) in [5.41, 5.74) is 0.973. The van der Waals surface area contributed by atoms with Crippen LogP contribution >= 0.6 is 11.8 Å². The zero-order valence-corrected chi connectivity index (χ0v) is 11.7. The molecule has 1 saturated heterocycles. The fourth-order valence-corrected chi connectivity index (χ4v) is 5.39. The Bertz CT molecular complexity index is 667. The SMILES string of the molecule is O=S1(=O)CC[C@@H](Sc2n[nH]c(-c3ccccc3)n2)C1. The molecule has 0 bridgehead atoms. The monoisotopic (exact) mass is 295 g/mol. The highest BCUT2D eigenvalue weighted by Crippen LogP contribution is 2.29. The van der Waals surface area contributed by atoms with Crippen molar-refractivity contribution in [3.63, 3.8) is 0 Å². The Morgan fingerprint density at radius 1 is 1.26 bits per heavy atom. The van der Waals surface area contributed by atoms with Crippen LogP contribution in [0.25, 0.3) is 11.4 Å². The minimum atomic E-state index is -2.85. The predicted octanol–water partition coefficient (Wildman–Crippen LogP) is 1.75. The second-order valence-corrected chi connectivity index (χ2v) is 7.97. The number of hydrogen-bond donors (Lipinski definition) is 1. The highest BCUT2D eigenvalue weighted by Gasteiger charge is 2.29. The Morgan fingerprint density at radius 3 is 2.74 bits per heavy atom. The summed E-state index contributed by atoms with van der Waals surface area (Å²) >= 11 is 1.44. The molecule has 1 aliphatic heterocycles. The average Bonchev–Trinajstić information content (AvgIpc) is 2.98. The Kier molecular flexibility index (Phi) is 3.32. The van der Waals surface area contributed by atoms with Gasteiger partial charge in [-0.1, -0.05) is 42.1 Å². The molecule has 0 saturated carbocycles. The molecule has 1 aromatic carbocycles. The molecular formula is C12H13N3O2S2. The zero-order chi connectivity index (χ0) is 13.3. The fourth-order valence-electron chi connectivity index (χ4n) is 2.03. The van der Waals surface area contributed by atoms with Crippen LogP contribution in [0, 0.1) is 0 Å². The van der Waals surface area contributed by atoms with E-state index in [2.05, 4.69) is 15.2 Å². The number of sulfone groups is 1. The summed E-state index contributed by atoms with van der Waals surface area (Å²) in [7, 11) is -2.85. The molecule has 19 heavy (non-hydrogen) atoms. The Labute approximate surface area is 115 Å². The summed E-state index contributed by atoms with van der Waals surface area (Å²) < 4.78 is 22.8. The Balaban J connectivity index is 1.73. The number of thioether (sulfide) groups is 1. The molecule has 5 nitrogen and oxygen atoms in total. The van der Waals surface area contributed by atoms with Gasteiger partial charge in [-0.25, -0.2) is 13.4 Å². The van der Waals surface area contributed by atoms with Gasteiger partial charge in [-0.05, 0) is 6.42 Å². The first kappa shape index (κ1) is 12.7. The van der Waals surface area contributed by atoms with E-state index in [0.717, 1.165) is 5.56 Å². The molecule has 0 aliphatic carbocycles. The van der Waals surface area contributed by atoms with E-state index < -0.39 is 9.84 Å². The minimum absolute atomic E-state index is 0.0735. The third kappa shape index (κ3) is 2.98. The maximum absolute atomic E-state index is 11.4. The molecule has 0 unspecified atom stereocenters. The highest BCUT2D eigenvalue weighted by atomic mass is 32.2. The smallest absolute Gasteiger partial charge is 0.209 e. The number of nitrogens with one attached hydrogen (secondary N) is 1. The number of aromatic nitrogens is 3. The molecule has 1 N–H and O–H groups in total. The van der Waals surface area contributed by atoms with Crippen LogP contribution in [-0.4, -0.2) is 40.4 Å². The molecule has 7 heteroatoms. The third-order valence-corrected chi connectivity index (χ3v) is 6.08. The van der Waals surface area contributed by atoms with Gasteiger partial charge in [-0.3, -0.25) is 5.10 Å². The second-order valence-electron chi connectivity index (χ2n) is 4.48. The van der Waals surface area contributed by atoms with Gasteiger partial charge in [0.25, 0.3) is 0 Å². The van der Waals surface area contributed by atoms with Gasteiger partial charge in [0.2, 0.25) is 5.16 Å². The number of benzene rings is 1. The summed E-state index contributed by atoms with van der Waals surface area (Å²) in [6.07, 6.45) is 0.683. The van der Waals surface area contributed by atoms with Crippen molar-refractivity contribution in [2.45, 2.75) is 16.8 Å². The quantitative estimate of drug-likeness (QED) is 0.933. The third-order valence-electron chi connectivity index (χ3n) is 2.97. The molecule has 0 spiro atoms. The Morgan fingerprint density at radius 2 is 2.05 bits per heavy atom. The van der Waals surface area contributed by atoms with Crippen molar-refractivity contribution < 1.29 is 8.42 Å². The number of hydrogen-bond acceptors (Lipinski definition) is 5. The van der Waals surface area contributed by atoms with Gasteiger partial charge in [0.15, 0.2) is 15.7 Å². The van der Waals surface area contributed by atoms with Crippen LogP contribution in [0.4, 0.5) is 0 Å². The maximum atomic E-state index is 11.4. The van der Waals surface area contributed by atoms with Crippen molar-refractivity contribution in [1.82, 2.24) is 15.2 Å². The minimum Gasteiger partial charge on any atom is -0.258 e. The molecule has 2 heterocycles. The number of H-pyrrole nitrogens is 1. The summed E-state index contributed by atoms with van der Waals surface area (Å²) in [4.78, 5) is 4.39. The van der Waals surface area contributed by atoms with Crippen LogP contribution in [0.3, 0.4) is 0 Å². The van der Waals surface area contributed by atoms with Gasteiger partial charge in [0, 0.05) is 10.8 Å². The van der Waals surface area contributed by atoms with Gasteiger partial charge in [0.05, 0.1) is 11.5 Å². The standard InChI is InChI=1S/C12H13N3O2S2/c16-19(17)7-6-10(8-19)18-12-13-11(14-15-12)9-4-2-1-3-5-9/h1-5,10H,6-8H2,(H,13,14,15)/t10-/m1/s1. The summed E-state index contributed by atoms with van der Waals surface area (Å²) in [6.45, 7) is 0. The summed E-state index contributed by atoms with van der Waals surface area (Å²) in [6, 6.07) is 9.73. The van der Waals surface area contributed by atoms with Gasteiger partial charge < -0.3 is 0 Å². The van der Waals surface area contributed by atoms with E-state index >= 15 is 0 Å². The van der Waals surface area contributed by atoms with E-state index in [-0.39, 0.29) is 16.8 Å². The molecule has 3 rings (SSSR count). The summed E-state index contributed by atoms with van der Waals surface area (Å²) in [5.74, 6) is 1.22. The molecule has 1 aliphatic rings. The number of rotatable bonds is 3. The van der Waals surface area contributed by atoms with E-state index in [1.54, 1.807) is 0 Å². The summed E-state index contributed by atoms with van der Waals surface area (Å²) in [5, 5.41) is 7.71. The first-order valence-corrected chi connectivity index (χ1v) is 8.67. The zero-order valence-electron chi connectivity index (χ0n) is 10.1. The average molecular weight is 295 g/mol. The first-order valence-electron chi connectivity index (χ1n) is 5.97. The van der Waals surface area contributed by atoms with Crippen LogP contribution in [0.15, 0.2) is 35.5 Å². The topological polar surface area (TPSA) is 75.7 Å². The van der Waals surface area contributed by atoms with Gasteiger partial charge >= 0.3 is 0 Å². The molecular weight excluding hydrogens is 282 g/mol. The maximum Gasteiger partial charge on any atom is 0.209 e. The lowest BCUT2D eigenvalue weighted by atomic mass is 10.2. The molecule has 1 atom stereocenters.